The number of hydrogen-bond donors (Lipinski definition) is 2. The molecule has 0 radical (unpaired) electrons. The van der Waals surface area contributed by atoms with E-state index in [1.165, 1.54) is 0 Å². The summed E-state index contributed by atoms with van der Waals surface area (Å²) in [6, 6.07) is 18.3. The molecule has 2 heterocycles. The fourth-order valence-electron chi connectivity index (χ4n) is 4.54. The van der Waals surface area contributed by atoms with Crippen LogP contribution in [-0.2, 0) is 11.2 Å². The number of hydrogen-bond acceptors (Lipinski definition) is 4. The van der Waals surface area contributed by atoms with Crippen molar-refractivity contribution in [3.63, 3.8) is 0 Å². The molecule has 0 unspecified atom stereocenters. The molecular formula is C24H27N5O3. The number of amides is 2. The van der Waals surface area contributed by atoms with Gasteiger partial charge in [-0.25, -0.2) is 9.89 Å². The summed E-state index contributed by atoms with van der Waals surface area (Å²) in [7, 11) is 3.55. The SMILES string of the molecule is CN(C)C(=O)C1(Cc2ccccc2-c2ccccc2)CCN(C(=O)c2n[nH]c(=O)[nH]2)CC1. The molecule has 0 aliphatic carbocycles. The largest absolute Gasteiger partial charge is 0.348 e. The quantitative estimate of drug-likeness (QED) is 0.645. The molecule has 8 heteroatoms. The highest BCUT2D eigenvalue weighted by Gasteiger charge is 2.43. The Morgan fingerprint density at radius 1 is 1.03 bits per heavy atom. The van der Waals surface area contributed by atoms with Crippen molar-refractivity contribution in [1.82, 2.24) is 25.0 Å². The Morgan fingerprint density at radius 3 is 2.31 bits per heavy atom. The second-order valence-electron chi connectivity index (χ2n) is 8.50. The van der Waals surface area contributed by atoms with Gasteiger partial charge in [-0.1, -0.05) is 54.6 Å². The lowest BCUT2D eigenvalue weighted by molar-refractivity contribution is -0.142. The summed E-state index contributed by atoms with van der Waals surface area (Å²) in [6.45, 7) is 0.835. The minimum atomic E-state index is -0.607. The first-order valence-corrected chi connectivity index (χ1v) is 10.7. The predicted octanol–water partition coefficient (Wildman–Crippen LogP) is 2.32. The van der Waals surface area contributed by atoms with Crippen LogP contribution >= 0.6 is 0 Å². The number of carbonyl (C=O) groups is 2. The van der Waals surface area contributed by atoms with Crippen molar-refractivity contribution in [2.24, 2.45) is 5.41 Å². The molecule has 1 fully saturated rings. The molecule has 1 aromatic heterocycles. The van der Waals surface area contributed by atoms with Gasteiger partial charge >= 0.3 is 5.69 Å². The summed E-state index contributed by atoms with van der Waals surface area (Å²) >= 11 is 0. The third-order valence-electron chi connectivity index (χ3n) is 6.20. The van der Waals surface area contributed by atoms with E-state index in [2.05, 4.69) is 39.4 Å². The first kappa shape index (κ1) is 21.5. The normalized spacial score (nSPS) is 15.4. The van der Waals surface area contributed by atoms with Crippen LogP contribution in [0.1, 0.15) is 29.0 Å². The maximum absolute atomic E-state index is 13.4. The summed E-state index contributed by atoms with van der Waals surface area (Å²) in [5.41, 5.74) is 2.23. The van der Waals surface area contributed by atoms with Crippen LogP contribution in [0.2, 0.25) is 0 Å². The highest BCUT2D eigenvalue weighted by molar-refractivity contribution is 5.91. The van der Waals surface area contributed by atoms with Gasteiger partial charge < -0.3 is 9.80 Å². The smallest absolute Gasteiger partial charge is 0.341 e. The summed E-state index contributed by atoms with van der Waals surface area (Å²) in [5.74, 6) is -0.268. The first-order chi connectivity index (χ1) is 15.4. The van der Waals surface area contributed by atoms with Crippen LogP contribution < -0.4 is 5.69 Å². The Kier molecular flexibility index (Phi) is 5.94. The number of nitrogens with zero attached hydrogens (tertiary/aromatic N) is 3. The molecule has 1 aliphatic heterocycles. The summed E-state index contributed by atoms with van der Waals surface area (Å²) in [6.07, 6.45) is 1.66. The Labute approximate surface area is 186 Å². The summed E-state index contributed by atoms with van der Waals surface area (Å²) in [4.78, 5) is 43.1. The van der Waals surface area contributed by atoms with Crippen LogP contribution in [0.3, 0.4) is 0 Å². The average Bonchev–Trinajstić information content (AvgIpc) is 3.25. The number of aromatic amines is 2. The number of aromatic nitrogens is 3. The standard InChI is InChI=1S/C24H27N5O3/c1-28(2)22(31)24(12-14-29(15-13-24)21(30)20-25-23(32)27-26-20)16-18-10-6-7-11-19(18)17-8-4-3-5-9-17/h3-11H,12-16H2,1-2H3,(H2,25,26,27,32). The lowest BCUT2D eigenvalue weighted by atomic mass is 9.71. The zero-order valence-electron chi connectivity index (χ0n) is 18.3. The third kappa shape index (κ3) is 4.21. The Morgan fingerprint density at radius 2 is 1.69 bits per heavy atom. The molecule has 4 rings (SSSR count). The van der Waals surface area contributed by atoms with Crippen molar-refractivity contribution in [3.8, 4) is 11.1 Å². The molecule has 0 atom stereocenters. The Balaban J connectivity index is 1.61. The van der Waals surface area contributed by atoms with Crippen LogP contribution in [-0.4, -0.2) is 64.0 Å². The lowest BCUT2D eigenvalue weighted by Gasteiger charge is -2.42. The van der Waals surface area contributed by atoms with E-state index in [9.17, 15) is 14.4 Å². The van der Waals surface area contributed by atoms with Crippen molar-refractivity contribution in [2.45, 2.75) is 19.3 Å². The minimum absolute atomic E-state index is 0.00383. The summed E-state index contributed by atoms with van der Waals surface area (Å²) < 4.78 is 0. The molecule has 32 heavy (non-hydrogen) atoms. The van der Waals surface area contributed by atoms with E-state index < -0.39 is 11.1 Å². The topological polar surface area (TPSA) is 102 Å². The molecule has 0 bridgehead atoms. The molecule has 3 aromatic rings. The molecule has 2 N–H and O–H groups in total. The monoisotopic (exact) mass is 433 g/mol. The van der Waals surface area contributed by atoms with Crippen molar-refractivity contribution in [3.05, 3.63) is 76.5 Å². The second kappa shape index (κ2) is 8.82. The van der Waals surface area contributed by atoms with Crippen LogP contribution in [0, 0.1) is 5.41 Å². The van der Waals surface area contributed by atoms with E-state index in [4.69, 9.17) is 0 Å². The molecule has 1 aliphatic rings. The van der Waals surface area contributed by atoms with Crippen molar-refractivity contribution < 1.29 is 9.59 Å². The van der Waals surface area contributed by atoms with E-state index in [0.29, 0.717) is 32.4 Å². The van der Waals surface area contributed by atoms with E-state index >= 15 is 0 Å². The zero-order valence-corrected chi connectivity index (χ0v) is 18.3. The van der Waals surface area contributed by atoms with Gasteiger partial charge in [0.2, 0.25) is 11.7 Å². The highest BCUT2D eigenvalue weighted by Crippen LogP contribution is 2.39. The first-order valence-electron chi connectivity index (χ1n) is 10.7. The van der Waals surface area contributed by atoms with Gasteiger partial charge in [-0.15, -0.1) is 5.10 Å². The number of piperidine rings is 1. The number of benzene rings is 2. The molecule has 166 valence electrons. The van der Waals surface area contributed by atoms with Gasteiger partial charge in [0.15, 0.2) is 0 Å². The highest BCUT2D eigenvalue weighted by atomic mass is 16.2. The van der Waals surface area contributed by atoms with Crippen LogP contribution in [0.25, 0.3) is 11.1 Å². The fraction of sp³-hybridized carbons (Fsp3) is 0.333. The van der Waals surface area contributed by atoms with E-state index in [1.54, 1.807) is 23.9 Å². The lowest BCUT2D eigenvalue weighted by Crippen LogP contribution is -2.51. The average molecular weight is 434 g/mol. The van der Waals surface area contributed by atoms with Crippen LogP contribution in [0.4, 0.5) is 0 Å². The molecule has 2 aromatic carbocycles. The minimum Gasteiger partial charge on any atom is -0.348 e. The van der Waals surface area contributed by atoms with Gasteiger partial charge in [0.25, 0.3) is 5.91 Å². The molecule has 2 amide bonds. The third-order valence-corrected chi connectivity index (χ3v) is 6.20. The number of H-pyrrole nitrogens is 2. The number of carbonyl (C=O) groups excluding carboxylic acids is 2. The second-order valence-corrected chi connectivity index (χ2v) is 8.50. The number of rotatable bonds is 5. The molecule has 0 saturated carbocycles. The van der Waals surface area contributed by atoms with Crippen molar-refractivity contribution >= 4 is 11.8 Å². The van der Waals surface area contributed by atoms with E-state index in [1.807, 2.05) is 30.3 Å². The Hall–Kier alpha value is -3.68. The van der Waals surface area contributed by atoms with Crippen molar-refractivity contribution in [2.75, 3.05) is 27.2 Å². The van der Waals surface area contributed by atoms with Gasteiger partial charge in [0.1, 0.15) is 0 Å². The molecule has 8 nitrogen and oxygen atoms in total. The predicted molar refractivity (Wildman–Crippen MR) is 121 cm³/mol. The van der Waals surface area contributed by atoms with E-state index in [-0.39, 0.29) is 17.6 Å². The maximum Gasteiger partial charge on any atom is 0.341 e. The van der Waals surface area contributed by atoms with Gasteiger partial charge in [-0.05, 0) is 36.0 Å². The number of nitrogens with one attached hydrogen (secondary N) is 2. The van der Waals surface area contributed by atoms with Crippen LogP contribution in [0.15, 0.2) is 59.4 Å². The van der Waals surface area contributed by atoms with Gasteiger partial charge in [-0.2, -0.15) is 0 Å². The van der Waals surface area contributed by atoms with E-state index in [0.717, 1.165) is 16.7 Å². The van der Waals surface area contributed by atoms with Gasteiger partial charge in [0.05, 0.1) is 5.41 Å². The van der Waals surface area contributed by atoms with Crippen LogP contribution in [0.5, 0.6) is 0 Å². The molecular weight excluding hydrogens is 406 g/mol. The van der Waals surface area contributed by atoms with Crippen molar-refractivity contribution in [1.29, 1.82) is 0 Å². The summed E-state index contributed by atoms with van der Waals surface area (Å²) in [5, 5.41) is 5.97. The zero-order chi connectivity index (χ0) is 22.7. The molecule has 1 saturated heterocycles. The Bertz CT molecular complexity index is 1160. The maximum atomic E-state index is 13.4. The van der Waals surface area contributed by atoms with Gasteiger partial charge in [-0.3, -0.25) is 14.6 Å². The van der Waals surface area contributed by atoms with Gasteiger partial charge in [0, 0.05) is 27.2 Å². The molecule has 0 spiro atoms. The number of likely N-dealkylation sites (tertiary alicyclic amines) is 1. The fourth-order valence-corrected chi connectivity index (χ4v) is 4.54.